The molecule has 1 aromatic rings. The van der Waals surface area contributed by atoms with Crippen molar-refractivity contribution in [1.29, 1.82) is 0 Å². The van der Waals surface area contributed by atoms with E-state index in [2.05, 4.69) is 10.6 Å². The first-order valence-electron chi connectivity index (χ1n) is 6.58. The standard InChI is InChI=1S/C14H19FN2O2/c1-9(10-5-7-16-8-6-10)17-14(19)13-11(15)3-2-4-12(13)18/h2-4,9-10,16,18H,5-8H2,1H3,(H,17,19). The molecule has 0 radical (unpaired) electrons. The highest BCUT2D eigenvalue weighted by atomic mass is 19.1. The van der Waals surface area contributed by atoms with Crippen LogP contribution in [0.3, 0.4) is 0 Å². The van der Waals surface area contributed by atoms with Crippen LogP contribution in [0.5, 0.6) is 5.75 Å². The summed E-state index contributed by atoms with van der Waals surface area (Å²) in [5.74, 6) is -1.19. The van der Waals surface area contributed by atoms with E-state index in [1.165, 1.54) is 18.2 Å². The molecule has 1 aliphatic heterocycles. The van der Waals surface area contributed by atoms with Gasteiger partial charge in [-0.2, -0.15) is 0 Å². The molecule has 0 saturated carbocycles. The van der Waals surface area contributed by atoms with Gasteiger partial charge in [-0.3, -0.25) is 4.79 Å². The Morgan fingerprint density at radius 1 is 1.47 bits per heavy atom. The van der Waals surface area contributed by atoms with Crippen molar-refractivity contribution in [1.82, 2.24) is 10.6 Å². The molecule has 5 heteroatoms. The van der Waals surface area contributed by atoms with Crippen molar-refractivity contribution in [2.75, 3.05) is 13.1 Å². The number of rotatable bonds is 3. The van der Waals surface area contributed by atoms with Crippen molar-refractivity contribution in [3.8, 4) is 5.75 Å². The van der Waals surface area contributed by atoms with Crippen LogP contribution in [0.15, 0.2) is 18.2 Å². The van der Waals surface area contributed by atoms with Gasteiger partial charge in [-0.15, -0.1) is 0 Å². The molecular formula is C14H19FN2O2. The number of benzene rings is 1. The lowest BCUT2D eigenvalue weighted by molar-refractivity contribution is 0.0913. The molecule has 2 rings (SSSR count). The van der Waals surface area contributed by atoms with E-state index in [4.69, 9.17) is 0 Å². The molecular weight excluding hydrogens is 247 g/mol. The largest absolute Gasteiger partial charge is 0.507 e. The molecule has 4 nitrogen and oxygen atoms in total. The van der Waals surface area contributed by atoms with Gasteiger partial charge in [0.1, 0.15) is 17.1 Å². The molecule has 1 heterocycles. The molecule has 3 N–H and O–H groups in total. The number of amides is 1. The van der Waals surface area contributed by atoms with Gasteiger partial charge in [0.05, 0.1) is 0 Å². The summed E-state index contributed by atoms with van der Waals surface area (Å²) in [6, 6.07) is 3.82. The number of carbonyl (C=O) groups is 1. The third-order valence-electron chi connectivity index (χ3n) is 3.67. The highest BCUT2D eigenvalue weighted by molar-refractivity contribution is 5.97. The Kier molecular flexibility index (Phi) is 4.37. The van der Waals surface area contributed by atoms with Gasteiger partial charge in [0, 0.05) is 6.04 Å². The molecule has 0 spiro atoms. The first kappa shape index (κ1) is 13.8. The normalized spacial score (nSPS) is 18.0. The molecule has 1 unspecified atom stereocenters. The number of halogens is 1. The van der Waals surface area contributed by atoms with Crippen molar-refractivity contribution in [3.05, 3.63) is 29.6 Å². The highest BCUT2D eigenvalue weighted by Crippen LogP contribution is 2.21. The van der Waals surface area contributed by atoms with E-state index in [0.717, 1.165) is 25.9 Å². The van der Waals surface area contributed by atoms with E-state index in [9.17, 15) is 14.3 Å². The number of piperidine rings is 1. The summed E-state index contributed by atoms with van der Waals surface area (Å²) in [6.07, 6.45) is 1.98. The van der Waals surface area contributed by atoms with Gasteiger partial charge in [-0.25, -0.2) is 4.39 Å². The van der Waals surface area contributed by atoms with Crippen LogP contribution in [-0.2, 0) is 0 Å². The molecule has 1 saturated heterocycles. The number of hydrogen-bond donors (Lipinski definition) is 3. The SMILES string of the molecule is CC(NC(=O)c1c(O)cccc1F)C1CCNCC1. The van der Waals surface area contributed by atoms with Crippen LogP contribution in [0.4, 0.5) is 4.39 Å². The van der Waals surface area contributed by atoms with Crippen molar-refractivity contribution >= 4 is 5.91 Å². The van der Waals surface area contributed by atoms with Gasteiger partial charge in [0.15, 0.2) is 0 Å². The van der Waals surface area contributed by atoms with Gasteiger partial charge in [-0.1, -0.05) is 6.07 Å². The second-order valence-corrected chi connectivity index (χ2v) is 4.98. The predicted molar refractivity (Wildman–Crippen MR) is 70.6 cm³/mol. The smallest absolute Gasteiger partial charge is 0.258 e. The average molecular weight is 266 g/mol. The van der Waals surface area contributed by atoms with Gasteiger partial charge in [-0.05, 0) is 50.9 Å². The van der Waals surface area contributed by atoms with Crippen LogP contribution in [0.25, 0.3) is 0 Å². The van der Waals surface area contributed by atoms with Crippen LogP contribution in [0.1, 0.15) is 30.1 Å². The van der Waals surface area contributed by atoms with Crippen LogP contribution < -0.4 is 10.6 Å². The fourth-order valence-corrected chi connectivity index (χ4v) is 2.48. The highest BCUT2D eigenvalue weighted by Gasteiger charge is 2.24. The van der Waals surface area contributed by atoms with Crippen molar-refractivity contribution < 1.29 is 14.3 Å². The maximum absolute atomic E-state index is 13.6. The molecule has 19 heavy (non-hydrogen) atoms. The van der Waals surface area contributed by atoms with E-state index in [1.807, 2.05) is 6.92 Å². The number of carbonyl (C=O) groups excluding carboxylic acids is 1. The first-order chi connectivity index (χ1) is 9.09. The topological polar surface area (TPSA) is 61.4 Å². The lowest BCUT2D eigenvalue weighted by Crippen LogP contribution is -2.42. The predicted octanol–water partition coefficient (Wildman–Crippen LogP) is 1.65. The van der Waals surface area contributed by atoms with E-state index in [1.54, 1.807) is 0 Å². The summed E-state index contributed by atoms with van der Waals surface area (Å²) in [6.45, 7) is 3.80. The molecule has 1 aromatic carbocycles. The fraction of sp³-hybridized carbons (Fsp3) is 0.500. The van der Waals surface area contributed by atoms with Gasteiger partial charge >= 0.3 is 0 Å². The van der Waals surface area contributed by atoms with Crippen LogP contribution in [-0.4, -0.2) is 30.1 Å². The zero-order valence-corrected chi connectivity index (χ0v) is 10.9. The van der Waals surface area contributed by atoms with Gasteiger partial charge < -0.3 is 15.7 Å². The van der Waals surface area contributed by atoms with Crippen molar-refractivity contribution in [2.45, 2.75) is 25.8 Å². The summed E-state index contributed by atoms with van der Waals surface area (Å²) in [7, 11) is 0. The third-order valence-corrected chi connectivity index (χ3v) is 3.67. The Bertz CT molecular complexity index is 439. The van der Waals surface area contributed by atoms with E-state index in [-0.39, 0.29) is 17.4 Å². The molecule has 1 atom stereocenters. The quantitative estimate of drug-likeness (QED) is 0.779. The fourth-order valence-electron chi connectivity index (χ4n) is 2.48. The van der Waals surface area contributed by atoms with E-state index < -0.39 is 11.7 Å². The lowest BCUT2D eigenvalue weighted by atomic mass is 9.91. The van der Waals surface area contributed by atoms with E-state index >= 15 is 0 Å². The number of nitrogens with one attached hydrogen (secondary N) is 2. The van der Waals surface area contributed by atoms with Crippen LogP contribution in [0, 0.1) is 11.7 Å². The molecule has 0 aromatic heterocycles. The number of phenolic OH excluding ortho intramolecular Hbond substituents is 1. The minimum Gasteiger partial charge on any atom is -0.507 e. The maximum atomic E-state index is 13.6. The Morgan fingerprint density at radius 3 is 2.79 bits per heavy atom. The Morgan fingerprint density at radius 2 is 2.16 bits per heavy atom. The zero-order chi connectivity index (χ0) is 13.8. The second-order valence-electron chi connectivity index (χ2n) is 4.98. The second kappa shape index (κ2) is 6.02. The minimum absolute atomic E-state index is 0.0337. The molecule has 1 fully saturated rings. The zero-order valence-electron chi connectivity index (χ0n) is 10.9. The number of hydrogen-bond acceptors (Lipinski definition) is 3. The van der Waals surface area contributed by atoms with Gasteiger partial charge in [0.2, 0.25) is 0 Å². The Labute approximate surface area is 112 Å². The summed E-state index contributed by atoms with van der Waals surface area (Å²) < 4.78 is 13.6. The van der Waals surface area contributed by atoms with Gasteiger partial charge in [0.25, 0.3) is 5.91 Å². The molecule has 1 amide bonds. The first-order valence-corrected chi connectivity index (χ1v) is 6.58. The van der Waals surface area contributed by atoms with Crippen molar-refractivity contribution in [3.63, 3.8) is 0 Å². The summed E-state index contributed by atoms with van der Waals surface area (Å²) in [4.78, 5) is 12.0. The summed E-state index contributed by atoms with van der Waals surface area (Å²) in [5.41, 5.74) is -0.275. The molecule has 0 aliphatic carbocycles. The Balaban J connectivity index is 2.04. The monoisotopic (exact) mass is 266 g/mol. The third kappa shape index (κ3) is 3.23. The number of phenols is 1. The summed E-state index contributed by atoms with van der Waals surface area (Å²) >= 11 is 0. The van der Waals surface area contributed by atoms with Crippen LogP contribution >= 0.6 is 0 Å². The lowest BCUT2D eigenvalue weighted by Gasteiger charge is -2.28. The summed E-state index contributed by atoms with van der Waals surface area (Å²) in [5, 5.41) is 15.6. The minimum atomic E-state index is -0.699. The van der Waals surface area contributed by atoms with Crippen LogP contribution in [0.2, 0.25) is 0 Å². The van der Waals surface area contributed by atoms with Crippen molar-refractivity contribution in [2.24, 2.45) is 5.92 Å². The average Bonchev–Trinajstić information content (AvgIpc) is 2.39. The Hall–Kier alpha value is -1.62. The molecule has 1 aliphatic rings. The molecule has 0 bridgehead atoms. The number of aromatic hydroxyl groups is 1. The maximum Gasteiger partial charge on any atom is 0.258 e. The molecule has 104 valence electrons. The van der Waals surface area contributed by atoms with E-state index in [0.29, 0.717) is 5.92 Å².